The summed E-state index contributed by atoms with van der Waals surface area (Å²) in [7, 11) is 0. The number of hydrogen-bond donors (Lipinski definition) is 1. The number of piperidine rings is 1. The summed E-state index contributed by atoms with van der Waals surface area (Å²) in [5.41, 5.74) is 2.67. The van der Waals surface area contributed by atoms with Crippen molar-refractivity contribution < 1.29 is 14.7 Å². The summed E-state index contributed by atoms with van der Waals surface area (Å²) in [6.07, 6.45) is 1.75. The molecule has 1 N–H and O–H groups in total. The average Bonchev–Trinajstić information content (AvgIpc) is 3.01. The van der Waals surface area contributed by atoms with Gasteiger partial charge in [-0.25, -0.2) is 4.90 Å². The van der Waals surface area contributed by atoms with Crippen LogP contribution in [0.15, 0.2) is 48.2 Å². The molecular formula is C23H22Cl2N2O3. The molecule has 7 heteroatoms. The van der Waals surface area contributed by atoms with Crippen LogP contribution in [0.2, 0.25) is 10.0 Å². The normalized spacial score (nSPS) is 19.8. The van der Waals surface area contributed by atoms with E-state index in [-0.39, 0.29) is 24.3 Å². The van der Waals surface area contributed by atoms with Gasteiger partial charge in [-0.05, 0) is 61.1 Å². The van der Waals surface area contributed by atoms with Gasteiger partial charge in [0.05, 0.1) is 11.3 Å². The molecule has 0 saturated carbocycles. The molecule has 5 nitrogen and oxygen atoms in total. The second kappa shape index (κ2) is 8.42. The number of aliphatic hydroxyl groups is 1. The predicted octanol–water partition coefficient (Wildman–Crippen LogP) is 4.29. The predicted molar refractivity (Wildman–Crippen MR) is 118 cm³/mol. The van der Waals surface area contributed by atoms with Gasteiger partial charge in [0.15, 0.2) is 0 Å². The summed E-state index contributed by atoms with van der Waals surface area (Å²) in [6.45, 7) is 3.11. The van der Waals surface area contributed by atoms with Gasteiger partial charge >= 0.3 is 0 Å². The van der Waals surface area contributed by atoms with Crippen molar-refractivity contribution >= 4 is 46.3 Å². The lowest BCUT2D eigenvalue weighted by Gasteiger charge is -2.34. The average molecular weight is 445 g/mol. The maximum Gasteiger partial charge on any atom is 0.282 e. The molecule has 2 aromatic carbocycles. The molecule has 1 saturated heterocycles. The Morgan fingerprint density at radius 1 is 1.07 bits per heavy atom. The first kappa shape index (κ1) is 20.9. The highest BCUT2D eigenvalue weighted by Gasteiger charge is 2.43. The first-order valence-electron chi connectivity index (χ1n) is 9.91. The number of likely N-dealkylation sites (tertiary alicyclic amines) is 1. The molecule has 0 aromatic heterocycles. The molecule has 2 aromatic rings. The van der Waals surface area contributed by atoms with E-state index in [1.54, 1.807) is 42.5 Å². The number of benzene rings is 2. The second-order valence-corrected chi connectivity index (χ2v) is 8.59. The van der Waals surface area contributed by atoms with Crippen LogP contribution in [0.25, 0.3) is 5.57 Å². The van der Waals surface area contributed by atoms with Crippen molar-refractivity contribution in [2.45, 2.75) is 19.8 Å². The zero-order chi connectivity index (χ0) is 21.4. The molecule has 0 radical (unpaired) electrons. The van der Waals surface area contributed by atoms with Crippen LogP contribution in [-0.2, 0) is 9.59 Å². The number of halogens is 2. The summed E-state index contributed by atoms with van der Waals surface area (Å²) in [6, 6.07) is 12.1. The lowest BCUT2D eigenvalue weighted by Crippen LogP contribution is -2.40. The van der Waals surface area contributed by atoms with Gasteiger partial charge < -0.3 is 10.0 Å². The van der Waals surface area contributed by atoms with Crippen molar-refractivity contribution in [3.05, 3.63) is 69.3 Å². The van der Waals surface area contributed by atoms with Gasteiger partial charge in [0.25, 0.3) is 11.8 Å². The maximum atomic E-state index is 13.5. The zero-order valence-electron chi connectivity index (χ0n) is 16.6. The minimum atomic E-state index is -0.386. The van der Waals surface area contributed by atoms with E-state index >= 15 is 0 Å². The maximum absolute atomic E-state index is 13.5. The smallest absolute Gasteiger partial charge is 0.282 e. The summed E-state index contributed by atoms with van der Waals surface area (Å²) < 4.78 is 0. The minimum Gasteiger partial charge on any atom is -0.396 e. The van der Waals surface area contributed by atoms with Gasteiger partial charge in [0, 0.05) is 29.7 Å². The Morgan fingerprint density at radius 3 is 2.47 bits per heavy atom. The standard InChI is InChI=1S/C23H22Cl2N2O3/c1-14-4-9-18(11-19(14)25)27-22(29)20(16-5-7-17(24)8-6-16)21(23(27)30)26-10-2-3-15(12-26)13-28/h4-9,11,15,28H,2-3,10,12-13H2,1H3. The van der Waals surface area contributed by atoms with E-state index in [1.165, 1.54) is 4.90 Å². The Labute approximate surface area is 185 Å². The summed E-state index contributed by atoms with van der Waals surface area (Å²) >= 11 is 12.3. The van der Waals surface area contributed by atoms with Crippen molar-refractivity contribution in [3.63, 3.8) is 0 Å². The molecule has 2 heterocycles. The Kier molecular flexibility index (Phi) is 5.87. The number of carbonyl (C=O) groups is 2. The third-order valence-electron chi connectivity index (χ3n) is 5.70. The number of anilines is 1. The van der Waals surface area contributed by atoms with E-state index < -0.39 is 0 Å². The Balaban J connectivity index is 1.81. The number of rotatable bonds is 4. The zero-order valence-corrected chi connectivity index (χ0v) is 18.1. The highest BCUT2D eigenvalue weighted by molar-refractivity contribution is 6.45. The molecule has 2 aliphatic heterocycles. The Bertz CT molecular complexity index is 1030. The lowest BCUT2D eigenvalue weighted by molar-refractivity contribution is -0.120. The summed E-state index contributed by atoms with van der Waals surface area (Å²) in [5.74, 6) is -0.685. The number of carbonyl (C=O) groups excluding carboxylic acids is 2. The van der Waals surface area contributed by atoms with Crippen LogP contribution in [-0.4, -0.2) is 41.5 Å². The Hall–Kier alpha value is -2.34. The third-order valence-corrected chi connectivity index (χ3v) is 6.36. The first-order valence-corrected chi connectivity index (χ1v) is 10.7. The van der Waals surface area contributed by atoms with E-state index in [1.807, 2.05) is 11.8 Å². The van der Waals surface area contributed by atoms with E-state index in [2.05, 4.69) is 0 Å². The van der Waals surface area contributed by atoms with Crippen molar-refractivity contribution in [3.8, 4) is 0 Å². The summed E-state index contributed by atoms with van der Waals surface area (Å²) in [5, 5.41) is 10.7. The second-order valence-electron chi connectivity index (χ2n) is 7.75. The number of aliphatic hydroxyl groups excluding tert-OH is 1. The number of nitrogens with zero attached hydrogens (tertiary/aromatic N) is 2. The van der Waals surface area contributed by atoms with Crippen molar-refractivity contribution in [2.24, 2.45) is 5.92 Å². The van der Waals surface area contributed by atoms with Gasteiger partial charge in [-0.2, -0.15) is 0 Å². The molecule has 30 heavy (non-hydrogen) atoms. The minimum absolute atomic E-state index is 0.0550. The largest absolute Gasteiger partial charge is 0.396 e. The molecule has 1 atom stereocenters. The quantitative estimate of drug-likeness (QED) is 0.714. The fourth-order valence-corrected chi connectivity index (χ4v) is 4.36. The van der Waals surface area contributed by atoms with Gasteiger partial charge in [0.2, 0.25) is 0 Å². The molecule has 2 amide bonds. The SMILES string of the molecule is Cc1ccc(N2C(=O)C(c3ccc(Cl)cc3)=C(N3CCCC(CO)C3)C2=O)cc1Cl. The fraction of sp³-hybridized carbons (Fsp3) is 0.304. The fourth-order valence-electron chi connectivity index (χ4n) is 4.06. The molecule has 2 aliphatic rings. The van der Waals surface area contributed by atoms with Gasteiger partial charge in [-0.1, -0.05) is 41.4 Å². The number of hydrogen-bond acceptors (Lipinski definition) is 4. The van der Waals surface area contributed by atoms with Crippen molar-refractivity contribution in [1.82, 2.24) is 4.90 Å². The lowest BCUT2D eigenvalue weighted by atomic mass is 9.97. The molecule has 0 aliphatic carbocycles. The van der Waals surface area contributed by atoms with Crippen molar-refractivity contribution in [1.29, 1.82) is 0 Å². The molecule has 4 rings (SSSR count). The molecule has 0 bridgehead atoms. The molecule has 0 spiro atoms. The monoisotopic (exact) mass is 444 g/mol. The molecule has 156 valence electrons. The highest BCUT2D eigenvalue weighted by Crippen LogP contribution is 2.37. The molecule has 1 fully saturated rings. The van der Waals surface area contributed by atoms with Crippen LogP contribution in [0, 0.1) is 12.8 Å². The van der Waals surface area contributed by atoms with E-state index in [0.29, 0.717) is 45.7 Å². The van der Waals surface area contributed by atoms with Crippen LogP contribution in [0.1, 0.15) is 24.0 Å². The summed E-state index contributed by atoms with van der Waals surface area (Å²) in [4.78, 5) is 30.2. The van der Waals surface area contributed by atoms with Crippen LogP contribution < -0.4 is 4.90 Å². The van der Waals surface area contributed by atoms with Crippen molar-refractivity contribution in [2.75, 3.05) is 24.6 Å². The number of imide groups is 1. The number of amides is 2. The van der Waals surface area contributed by atoms with Crippen LogP contribution >= 0.6 is 23.2 Å². The third kappa shape index (κ3) is 3.73. The molecular weight excluding hydrogens is 423 g/mol. The first-order chi connectivity index (χ1) is 14.4. The van der Waals surface area contributed by atoms with Gasteiger partial charge in [0.1, 0.15) is 5.70 Å². The van der Waals surface area contributed by atoms with E-state index in [4.69, 9.17) is 23.2 Å². The van der Waals surface area contributed by atoms with Crippen LogP contribution in [0.3, 0.4) is 0 Å². The van der Waals surface area contributed by atoms with Gasteiger partial charge in [-0.15, -0.1) is 0 Å². The number of aryl methyl sites for hydroxylation is 1. The topological polar surface area (TPSA) is 60.9 Å². The van der Waals surface area contributed by atoms with Gasteiger partial charge in [-0.3, -0.25) is 9.59 Å². The van der Waals surface area contributed by atoms with E-state index in [0.717, 1.165) is 18.4 Å². The Morgan fingerprint density at radius 2 is 1.80 bits per heavy atom. The molecule has 1 unspecified atom stereocenters. The van der Waals surface area contributed by atoms with Crippen LogP contribution in [0.5, 0.6) is 0 Å². The highest BCUT2D eigenvalue weighted by atomic mass is 35.5. The van der Waals surface area contributed by atoms with E-state index in [9.17, 15) is 14.7 Å². The van der Waals surface area contributed by atoms with Crippen LogP contribution in [0.4, 0.5) is 5.69 Å².